The van der Waals surface area contributed by atoms with Crippen LogP contribution in [0.1, 0.15) is 29.5 Å². The Bertz CT molecular complexity index is 645. The van der Waals surface area contributed by atoms with Gasteiger partial charge in [-0.3, -0.25) is 0 Å². The van der Waals surface area contributed by atoms with Gasteiger partial charge in [-0.1, -0.05) is 48.0 Å². The van der Waals surface area contributed by atoms with Gasteiger partial charge in [0, 0.05) is 10.6 Å². The van der Waals surface area contributed by atoms with Crippen molar-refractivity contribution in [3.05, 3.63) is 70.8 Å². The van der Waals surface area contributed by atoms with Crippen LogP contribution in [-0.4, -0.2) is 13.1 Å². The van der Waals surface area contributed by atoms with Crippen LogP contribution < -0.4 is 5.32 Å². The molecule has 0 radical (unpaired) electrons. The van der Waals surface area contributed by atoms with E-state index in [1.807, 2.05) is 11.8 Å². The lowest BCUT2D eigenvalue weighted by Crippen LogP contribution is -2.24. The van der Waals surface area contributed by atoms with Crippen LogP contribution >= 0.6 is 11.8 Å². The second-order valence-electron chi connectivity index (χ2n) is 5.67. The molecule has 2 heterocycles. The van der Waals surface area contributed by atoms with Crippen LogP contribution in [0.25, 0.3) is 5.57 Å². The number of benzene rings is 2. The van der Waals surface area contributed by atoms with Gasteiger partial charge < -0.3 is 5.32 Å². The summed E-state index contributed by atoms with van der Waals surface area (Å²) >= 11 is 1.97. The molecule has 0 aliphatic carbocycles. The van der Waals surface area contributed by atoms with Crippen molar-refractivity contribution in [3.8, 4) is 0 Å². The molecular formula is C19H19NS. The summed E-state index contributed by atoms with van der Waals surface area (Å²) < 4.78 is 0. The van der Waals surface area contributed by atoms with Gasteiger partial charge in [-0.2, -0.15) is 0 Å². The summed E-state index contributed by atoms with van der Waals surface area (Å²) in [6.07, 6.45) is 2.34. The Morgan fingerprint density at radius 3 is 2.38 bits per heavy atom. The minimum absolute atomic E-state index is 1.07. The summed E-state index contributed by atoms with van der Waals surface area (Å²) in [5, 5.41) is 3.48. The molecule has 0 atom stereocenters. The first-order valence-electron chi connectivity index (χ1n) is 7.67. The van der Waals surface area contributed by atoms with E-state index in [9.17, 15) is 0 Å². The van der Waals surface area contributed by atoms with Crippen LogP contribution in [0.3, 0.4) is 0 Å². The minimum Gasteiger partial charge on any atom is -0.316 e. The molecule has 2 aliphatic heterocycles. The Balaban J connectivity index is 1.98. The number of hydrogen-bond acceptors (Lipinski definition) is 2. The highest BCUT2D eigenvalue weighted by Gasteiger charge is 2.21. The smallest absolute Gasteiger partial charge is 0.0238 e. The second-order valence-corrected chi connectivity index (χ2v) is 6.69. The lowest BCUT2D eigenvalue weighted by Gasteiger charge is -2.22. The molecule has 106 valence electrons. The van der Waals surface area contributed by atoms with E-state index in [1.165, 1.54) is 40.0 Å². The average Bonchev–Trinajstić information content (AvgIpc) is 2.72. The molecule has 1 saturated heterocycles. The number of thioether (sulfide) groups is 1. The molecule has 4 rings (SSSR count). The minimum atomic E-state index is 1.07. The summed E-state index contributed by atoms with van der Waals surface area (Å²) in [7, 11) is 0. The van der Waals surface area contributed by atoms with E-state index in [1.54, 1.807) is 5.57 Å². The Labute approximate surface area is 130 Å². The van der Waals surface area contributed by atoms with Crippen molar-refractivity contribution >= 4 is 17.3 Å². The van der Waals surface area contributed by atoms with E-state index in [0.717, 1.165) is 18.8 Å². The van der Waals surface area contributed by atoms with Crippen LogP contribution in [0, 0.1) is 0 Å². The summed E-state index contributed by atoms with van der Waals surface area (Å²) in [4.78, 5) is 1.43. The van der Waals surface area contributed by atoms with Gasteiger partial charge >= 0.3 is 0 Å². The molecule has 0 amide bonds. The van der Waals surface area contributed by atoms with E-state index < -0.39 is 0 Å². The van der Waals surface area contributed by atoms with Crippen LogP contribution in [0.2, 0.25) is 0 Å². The van der Waals surface area contributed by atoms with Gasteiger partial charge in [-0.15, -0.1) is 11.8 Å². The standard InChI is InChI=1S/C19H19NS/c1-2-6-16-15(5-1)13-21-18-8-4-3-7-17(18)19(16)14-9-11-20-12-10-14/h1-8,20H,9-13H2. The predicted molar refractivity (Wildman–Crippen MR) is 90.6 cm³/mol. The highest BCUT2D eigenvalue weighted by atomic mass is 32.2. The third-order valence-corrected chi connectivity index (χ3v) is 5.51. The number of hydrogen-bond donors (Lipinski definition) is 1. The van der Waals surface area contributed by atoms with Crippen LogP contribution in [0.4, 0.5) is 0 Å². The van der Waals surface area contributed by atoms with Crippen molar-refractivity contribution in [1.82, 2.24) is 5.32 Å². The molecule has 1 nitrogen and oxygen atoms in total. The zero-order valence-corrected chi connectivity index (χ0v) is 12.9. The maximum atomic E-state index is 3.48. The monoisotopic (exact) mass is 293 g/mol. The molecule has 2 heteroatoms. The fraction of sp³-hybridized carbons (Fsp3) is 0.263. The highest BCUT2D eigenvalue weighted by Crippen LogP contribution is 2.42. The molecular weight excluding hydrogens is 274 g/mol. The molecule has 0 bridgehead atoms. The first-order valence-corrected chi connectivity index (χ1v) is 8.65. The van der Waals surface area contributed by atoms with Crippen molar-refractivity contribution in [1.29, 1.82) is 0 Å². The van der Waals surface area contributed by atoms with E-state index >= 15 is 0 Å². The van der Waals surface area contributed by atoms with E-state index in [2.05, 4.69) is 53.8 Å². The SMILES string of the molecule is c1ccc2c(c1)CSc1ccccc1C2=C1CCNCC1. The number of fused-ring (bicyclic) bond motifs is 2. The van der Waals surface area contributed by atoms with Crippen LogP contribution in [0.5, 0.6) is 0 Å². The van der Waals surface area contributed by atoms with Gasteiger partial charge in [0.25, 0.3) is 0 Å². The van der Waals surface area contributed by atoms with Gasteiger partial charge in [0.15, 0.2) is 0 Å². The molecule has 0 spiro atoms. The predicted octanol–water partition coefficient (Wildman–Crippen LogP) is 4.48. The third-order valence-electron chi connectivity index (χ3n) is 4.39. The fourth-order valence-electron chi connectivity index (χ4n) is 3.35. The quantitative estimate of drug-likeness (QED) is 0.768. The zero-order valence-electron chi connectivity index (χ0n) is 12.1. The van der Waals surface area contributed by atoms with E-state index in [0.29, 0.717) is 0 Å². The lowest BCUT2D eigenvalue weighted by molar-refractivity contribution is 0.611. The van der Waals surface area contributed by atoms with Gasteiger partial charge in [-0.25, -0.2) is 0 Å². The molecule has 0 unspecified atom stereocenters. The molecule has 2 aromatic rings. The van der Waals surface area contributed by atoms with Gasteiger partial charge in [0.05, 0.1) is 0 Å². The number of piperidine rings is 1. The zero-order chi connectivity index (χ0) is 14.1. The Kier molecular flexibility index (Phi) is 3.58. The van der Waals surface area contributed by atoms with Crippen molar-refractivity contribution in [2.24, 2.45) is 0 Å². The molecule has 21 heavy (non-hydrogen) atoms. The van der Waals surface area contributed by atoms with Crippen molar-refractivity contribution in [2.45, 2.75) is 23.5 Å². The fourth-order valence-corrected chi connectivity index (χ4v) is 4.41. The van der Waals surface area contributed by atoms with Crippen molar-refractivity contribution in [2.75, 3.05) is 13.1 Å². The molecule has 2 aromatic carbocycles. The lowest BCUT2D eigenvalue weighted by atomic mass is 9.87. The molecule has 1 fully saturated rings. The summed E-state index contributed by atoms with van der Waals surface area (Å²) in [5.74, 6) is 1.07. The normalized spacial score (nSPS) is 17.9. The third kappa shape index (κ3) is 2.43. The summed E-state index contributed by atoms with van der Waals surface area (Å²) in [6, 6.07) is 17.8. The van der Waals surface area contributed by atoms with Crippen LogP contribution in [0.15, 0.2) is 59.0 Å². The van der Waals surface area contributed by atoms with E-state index in [4.69, 9.17) is 0 Å². The Hall–Kier alpha value is -1.51. The van der Waals surface area contributed by atoms with Gasteiger partial charge in [0.1, 0.15) is 0 Å². The molecule has 1 N–H and O–H groups in total. The van der Waals surface area contributed by atoms with Gasteiger partial charge in [-0.05, 0) is 54.3 Å². The first-order chi connectivity index (χ1) is 10.4. The largest absolute Gasteiger partial charge is 0.316 e. The van der Waals surface area contributed by atoms with Crippen molar-refractivity contribution in [3.63, 3.8) is 0 Å². The van der Waals surface area contributed by atoms with Crippen molar-refractivity contribution < 1.29 is 0 Å². The summed E-state index contributed by atoms with van der Waals surface area (Å²) in [6.45, 7) is 2.21. The topological polar surface area (TPSA) is 12.0 Å². The highest BCUT2D eigenvalue weighted by molar-refractivity contribution is 7.98. The Morgan fingerprint density at radius 2 is 1.52 bits per heavy atom. The van der Waals surface area contributed by atoms with E-state index in [-0.39, 0.29) is 0 Å². The number of nitrogens with one attached hydrogen (secondary N) is 1. The average molecular weight is 293 g/mol. The second kappa shape index (κ2) is 5.70. The van der Waals surface area contributed by atoms with Gasteiger partial charge in [0.2, 0.25) is 0 Å². The molecule has 0 saturated carbocycles. The summed E-state index contributed by atoms with van der Waals surface area (Å²) in [5.41, 5.74) is 7.49. The first kappa shape index (κ1) is 13.2. The van der Waals surface area contributed by atoms with Crippen LogP contribution in [-0.2, 0) is 5.75 Å². The number of rotatable bonds is 0. The maximum absolute atomic E-state index is 3.48. The Morgan fingerprint density at radius 1 is 0.810 bits per heavy atom. The molecule has 2 aliphatic rings. The molecule has 0 aromatic heterocycles. The maximum Gasteiger partial charge on any atom is 0.0238 e.